The van der Waals surface area contributed by atoms with Crippen molar-refractivity contribution in [1.29, 1.82) is 0 Å². The van der Waals surface area contributed by atoms with E-state index >= 15 is 0 Å². The summed E-state index contributed by atoms with van der Waals surface area (Å²) in [4.78, 5) is 0.654. The van der Waals surface area contributed by atoms with E-state index in [0.29, 0.717) is 9.81 Å². The minimum Gasteiger partial charge on any atom is -0.219 e. The maximum atomic E-state index is 12.8. The first-order chi connectivity index (χ1) is 9.62. The van der Waals surface area contributed by atoms with Gasteiger partial charge < -0.3 is 0 Å². The standard InChI is InChI=1S/C18H22O2S/c1-17(2)11-5-7-15(9-13-17)21(19,20)16-8-6-12-18(3,4)14-10-16/h5-14H,1-4H3. The van der Waals surface area contributed by atoms with E-state index < -0.39 is 9.84 Å². The molecule has 0 saturated heterocycles. The highest BCUT2D eigenvalue weighted by Crippen LogP contribution is 2.30. The van der Waals surface area contributed by atoms with E-state index in [9.17, 15) is 8.42 Å². The maximum absolute atomic E-state index is 12.8. The summed E-state index contributed by atoms with van der Waals surface area (Å²) in [5, 5.41) is 0. The number of hydrogen-bond acceptors (Lipinski definition) is 2. The third-order valence-corrected chi connectivity index (χ3v) is 5.33. The Morgan fingerprint density at radius 1 is 0.714 bits per heavy atom. The number of sulfone groups is 1. The van der Waals surface area contributed by atoms with Gasteiger partial charge in [-0.15, -0.1) is 0 Å². The maximum Gasteiger partial charge on any atom is 0.206 e. The Bertz CT molecular complexity index is 650. The van der Waals surface area contributed by atoms with Crippen LogP contribution in [-0.4, -0.2) is 8.42 Å². The summed E-state index contributed by atoms with van der Waals surface area (Å²) in [5.41, 5.74) is -0.271. The molecule has 0 unspecified atom stereocenters. The first-order valence-corrected chi connectivity index (χ1v) is 8.53. The lowest BCUT2D eigenvalue weighted by Crippen LogP contribution is -2.06. The van der Waals surface area contributed by atoms with Crippen molar-refractivity contribution in [2.45, 2.75) is 27.7 Å². The fraction of sp³-hybridized carbons (Fsp3) is 0.333. The predicted octanol–water partition coefficient (Wildman–Crippen LogP) is 4.47. The molecule has 2 nitrogen and oxygen atoms in total. The molecule has 2 aliphatic carbocycles. The van der Waals surface area contributed by atoms with Crippen molar-refractivity contribution in [3.63, 3.8) is 0 Å². The summed E-state index contributed by atoms with van der Waals surface area (Å²) in [5.74, 6) is 0. The van der Waals surface area contributed by atoms with Crippen molar-refractivity contribution in [1.82, 2.24) is 0 Å². The predicted molar refractivity (Wildman–Crippen MR) is 89.2 cm³/mol. The van der Waals surface area contributed by atoms with E-state index in [1.807, 2.05) is 64.2 Å². The van der Waals surface area contributed by atoms with Crippen LogP contribution in [-0.2, 0) is 9.84 Å². The number of rotatable bonds is 2. The molecule has 0 aromatic heterocycles. The van der Waals surface area contributed by atoms with Crippen LogP contribution in [0.2, 0.25) is 0 Å². The highest BCUT2D eigenvalue weighted by molar-refractivity contribution is 7.99. The van der Waals surface area contributed by atoms with Crippen molar-refractivity contribution < 1.29 is 8.42 Å². The lowest BCUT2D eigenvalue weighted by Gasteiger charge is -2.13. The Hall–Kier alpha value is -1.61. The molecule has 2 rings (SSSR count). The molecule has 0 N–H and O–H groups in total. The average molecular weight is 302 g/mol. The summed E-state index contributed by atoms with van der Waals surface area (Å²) in [6, 6.07) is 0. The van der Waals surface area contributed by atoms with Crippen LogP contribution in [0.25, 0.3) is 0 Å². The van der Waals surface area contributed by atoms with Crippen LogP contribution in [0.15, 0.2) is 70.6 Å². The molecule has 0 spiro atoms. The molecule has 0 radical (unpaired) electrons. The Kier molecular flexibility index (Phi) is 3.98. The lowest BCUT2D eigenvalue weighted by molar-refractivity contribution is 0.608. The van der Waals surface area contributed by atoms with Gasteiger partial charge in [0.2, 0.25) is 9.84 Å². The van der Waals surface area contributed by atoms with Crippen molar-refractivity contribution in [2.75, 3.05) is 0 Å². The van der Waals surface area contributed by atoms with Gasteiger partial charge in [0.1, 0.15) is 0 Å². The van der Waals surface area contributed by atoms with Gasteiger partial charge in [0, 0.05) is 10.8 Å². The van der Waals surface area contributed by atoms with Crippen molar-refractivity contribution in [3.8, 4) is 0 Å². The van der Waals surface area contributed by atoms with Gasteiger partial charge in [-0.25, -0.2) is 8.42 Å². The number of hydrogen-bond donors (Lipinski definition) is 0. The smallest absolute Gasteiger partial charge is 0.206 e. The second-order valence-electron chi connectivity index (χ2n) is 6.67. The minimum atomic E-state index is -3.49. The molecule has 0 heterocycles. The monoisotopic (exact) mass is 302 g/mol. The normalized spacial score (nSPS) is 23.2. The van der Waals surface area contributed by atoms with Gasteiger partial charge in [0.05, 0.1) is 9.81 Å². The molecule has 0 atom stereocenters. The van der Waals surface area contributed by atoms with Gasteiger partial charge in [0.25, 0.3) is 0 Å². The molecule has 0 saturated carbocycles. The lowest BCUT2D eigenvalue weighted by atomic mass is 9.93. The molecule has 0 aromatic rings. The summed E-state index contributed by atoms with van der Waals surface area (Å²) >= 11 is 0. The van der Waals surface area contributed by atoms with E-state index in [0.717, 1.165) is 0 Å². The Labute approximate surface area is 127 Å². The largest absolute Gasteiger partial charge is 0.219 e. The summed E-state index contributed by atoms with van der Waals surface area (Å²) in [6.45, 7) is 8.16. The summed E-state index contributed by atoms with van der Waals surface area (Å²) in [7, 11) is -3.49. The zero-order valence-corrected chi connectivity index (χ0v) is 13.8. The van der Waals surface area contributed by atoms with E-state index in [1.54, 1.807) is 24.3 Å². The third-order valence-electron chi connectivity index (χ3n) is 3.55. The second-order valence-corrected chi connectivity index (χ2v) is 8.62. The Morgan fingerprint density at radius 3 is 1.48 bits per heavy atom. The fourth-order valence-corrected chi connectivity index (χ4v) is 3.37. The van der Waals surface area contributed by atoms with Crippen molar-refractivity contribution in [3.05, 3.63) is 70.6 Å². The molecular weight excluding hydrogens is 280 g/mol. The SMILES string of the molecule is CC1(C)C=CC=C(S(=O)(=O)C2=CC=CC(C)(C)C=C2)C=C1. The molecule has 3 heteroatoms. The fourth-order valence-electron chi connectivity index (χ4n) is 2.09. The van der Waals surface area contributed by atoms with Gasteiger partial charge >= 0.3 is 0 Å². The molecule has 0 fully saturated rings. The van der Waals surface area contributed by atoms with E-state index in [4.69, 9.17) is 0 Å². The molecule has 2 aliphatic rings. The van der Waals surface area contributed by atoms with Gasteiger partial charge in [-0.2, -0.15) is 0 Å². The van der Waals surface area contributed by atoms with Crippen LogP contribution >= 0.6 is 0 Å². The molecule has 0 aromatic carbocycles. The second kappa shape index (κ2) is 5.30. The first-order valence-electron chi connectivity index (χ1n) is 7.05. The average Bonchev–Trinajstić information content (AvgIpc) is 2.64. The van der Waals surface area contributed by atoms with Crippen LogP contribution in [0.3, 0.4) is 0 Å². The Morgan fingerprint density at radius 2 is 1.10 bits per heavy atom. The van der Waals surface area contributed by atoms with E-state index in [-0.39, 0.29) is 10.8 Å². The molecule has 0 amide bonds. The summed E-state index contributed by atoms with van der Waals surface area (Å²) < 4.78 is 25.5. The molecule has 112 valence electrons. The molecule has 21 heavy (non-hydrogen) atoms. The molecule has 0 aliphatic heterocycles. The molecule has 0 bridgehead atoms. The van der Waals surface area contributed by atoms with Gasteiger partial charge in [-0.05, 0) is 24.3 Å². The van der Waals surface area contributed by atoms with Gasteiger partial charge in [-0.3, -0.25) is 0 Å². The molecular formula is C18H22O2S. The van der Waals surface area contributed by atoms with Crippen LogP contribution in [0.5, 0.6) is 0 Å². The summed E-state index contributed by atoms with van der Waals surface area (Å²) in [6.07, 6.45) is 18.2. The van der Waals surface area contributed by atoms with E-state index in [1.165, 1.54) is 0 Å². The van der Waals surface area contributed by atoms with Crippen LogP contribution in [0, 0.1) is 10.8 Å². The highest BCUT2D eigenvalue weighted by Gasteiger charge is 2.23. The quantitative estimate of drug-likeness (QED) is 0.754. The van der Waals surface area contributed by atoms with Crippen LogP contribution in [0.4, 0.5) is 0 Å². The van der Waals surface area contributed by atoms with Crippen molar-refractivity contribution in [2.24, 2.45) is 10.8 Å². The number of allylic oxidation sites excluding steroid dienone is 10. The van der Waals surface area contributed by atoms with Crippen LogP contribution < -0.4 is 0 Å². The minimum absolute atomic E-state index is 0.136. The first kappa shape index (κ1) is 15.8. The zero-order chi connectivity index (χ0) is 15.7. The third kappa shape index (κ3) is 3.73. The van der Waals surface area contributed by atoms with Gasteiger partial charge in [-0.1, -0.05) is 64.2 Å². The van der Waals surface area contributed by atoms with Crippen molar-refractivity contribution >= 4 is 9.84 Å². The van der Waals surface area contributed by atoms with E-state index in [2.05, 4.69) is 0 Å². The highest BCUT2D eigenvalue weighted by atomic mass is 32.2. The van der Waals surface area contributed by atoms with Gasteiger partial charge in [0.15, 0.2) is 0 Å². The zero-order valence-electron chi connectivity index (χ0n) is 13.0. The van der Waals surface area contributed by atoms with Crippen LogP contribution in [0.1, 0.15) is 27.7 Å². The topological polar surface area (TPSA) is 34.1 Å². The Balaban J connectivity index is 2.41.